The lowest BCUT2D eigenvalue weighted by Gasteiger charge is -2.10. The highest BCUT2D eigenvalue weighted by atomic mass is 79.9. The Bertz CT molecular complexity index is 963. The van der Waals surface area contributed by atoms with Crippen LogP contribution in [0, 0.1) is 13.8 Å². The standard InChI is InChI=1S/C21H20BrN3O2/c1-14-12-17(15(2)25(14)19-10-8-18(22)9-11-19)13-23-24-21(27)20(26)16-6-4-3-5-7-16/h3-13,20,26H,1-2H3,(H,24,27)/b23-13-/t20-/m0/s1. The Labute approximate surface area is 166 Å². The topological polar surface area (TPSA) is 66.6 Å². The molecule has 5 nitrogen and oxygen atoms in total. The summed E-state index contributed by atoms with van der Waals surface area (Å²) in [6.07, 6.45) is 0.339. The monoisotopic (exact) mass is 425 g/mol. The van der Waals surface area contributed by atoms with Gasteiger partial charge >= 0.3 is 0 Å². The maximum Gasteiger partial charge on any atom is 0.273 e. The van der Waals surface area contributed by atoms with Crippen LogP contribution in [0.2, 0.25) is 0 Å². The molecule has 6 heteroatoms. The number of hydrazone groups is 1. The molecule has 0 bridgehead atoms. The molecule has 3 aromatic rings. The summed E-state index contributed by atoms with van der Waals surface area (Å²) in [7, 11) is 0. The molecule has 0 aliphatic carbocycles. The quantitative estimate of drug-likeness (QED) is 0.478. The molecule has 0 saturated carbocycles. The number of benzene rings is 2. The third-order valence-electron chi connectivity index (χ3n) is 4.30. The van der Waals surface area contributed by atoms with E-state index >= 15 is 0 Å². The van der Waals surface area contributed by atoms with Crippen LogP contribution in [0.1, 0.15) is 28.6 Å². The predicted octanol–water partition coefficient (Wildman–Crippen LogP) is 4.04. The van der Waals surface area contributed by atoms with Gasteiger partial charge in [-0.05, 0) is 49.7 Å². The molecule has 1 atom stereocenters. The minimum atomic E-state index is -1.25. The minimum absolute atomic E-state index is 0.526. The average molecular weight is 426 g/mol. The summed E-state index contributed by atoms with van der Waals surface area (Å²) in [5.74, 6) is -0.570. The third kappa shape index (κ3) is 4.35. The van der Waals surface area contributed by atoms with Gasteiger partial charge in [-0.25, -0.2) is 5.43 Å². The number of rotatable bonds is 5. The molecule has 0 aliphatic rings. The molecule has 27 heavy (non-hydrogen) atoms. The zero-order valence-corrected chi connectivity index (χ0v) is 16.6. The van der Waals surface area contributed by atoms with E-state index in [9.17, 15) is 9.90 Å². The van der Waals surface area contributed by atoms with Crippen LogP contribution in [0.15, 0.2) is 70.2 Å². The number of hydrogen-bond donors (Lipinski definition) is 2. The molecule has 0 saturated heterocycles. The van der Waals surface area contributed by atoms with Crippen molar-refractivity contribution in [3.63, 3.8) is 0 Å². The number of aromatic nitrogens is 1. The van der Waals surface area contributed by atoms with Crippen LogP contribution in [0.4, 0.5) is 0 Å². The van der Waals surface area contributed by atoms with Crippen LogP contribution in [-0.4, -0.2) is 21.8 Å². The molecule has 2 aromatic carbocycles. The molecule has 0 spiro atoms. The molecule has 2 N–H and O–H groups in total. The van der Waals surface area contributed by atoms with E-state index in [4.69, 9.17) is 0 Å². The van der Waals surface area contributed by atoms with Gasteiger partial charge in [-0.3, -0.25) is 4.79 Å². The van der Waals surface area contributed by atoms with Crippen molar-refractivity contribution < 1.29 is 9.90 Å². The van der Waals surface area contributed by atoms with E-state index in [1.807, 2.05) is 50.2 Å². The van der Waals surface area contributed by atoms with Gasteiger partial charge in [0.15, 0.2) is 6.10 Å². The second-order valence-electron chi connectivity index (χ2n) is 6.19. The molecule has 0 fully saturated rings. The van der Waals surface area contributed by atoms with Crippen molar-refractivity contribution in [2.45, 2.75) is 20.0 Å². The van der Waals surface area contributed by atoms with Crippen molar-refractivity contribution in [2.75, 3.05) is 0 Å². The summed E-state index contributed by atoms with van der Waals surface area (Å²) in [5, 5.41) is 14.1. The van der Waals surface area contributed by atoms with E-state index in [0.29, 0.717) is 5.56 Å². The van der Waals surface area contributed by atoms with Crippen LogP contribution >= 0.6 is 15.9 Å². The number of aryl methyl sites for hydroxylation is 1. The Morgan fingerprint density at radius 2 is 1.81 bits per heavy atom. The number of halogens is 1. The first-order valence-corrected chi connectivity index (χ1v) is 9.27. The Balaban J connectivity index is 1.73. The fourth-order valence-electron chi connectivity index (χ4n) is 2.92. The molecule has 0 aliphatic heterocycles. The Kier molecular flexibility index (Phi) is 5.88. The van der Waals surface area contributed by atoms with Crippen molar-refractivity contribution in [3.8, 4) is 5.69 Å². The highest BCUT2D eigenvalue weighted by Gasteiger charge is 2.16. The van der Waals surface area contributed by atoms with Gasteiger partial charge in [0.25, 0.3) is 5.91 Å². The second kappa shape index (κ2) is 8.33. The van der Waals surface area contributed by atoms with Crippen molar-refractivity contribution in [1.82, 2.24) is 9.99 Å². The number of nitrogens with zero attached hydrogens (tertiary/aromatic N) is 2. The van der Waals surface area contributed by atoms with Gasteiger partial charge in [0.05, 0.1) is 6.21 Å². The van der Waals surface area contributed by atoms with Crippen LogP contribution < -0.4 is 5.43 Å². The average Bonchev–Trinajstić information content (AvgIpc) is 2.96. The maximum atomic E-state index is 12.1. The first-order valence-electron chi connectivity index (χ1n) is 8.48. The van der Waals surface area contributed by atoms with E-state index in [0.717, 1.165) is 27.1 Å². The molecule has 0 radical (unpaired) electrons. The van der Waals surface area contributed by atoms with Gasteiger partial charge in [0.1, 0.15) is 0 Å². The summed E-state index contributed by atoms with van der Waals surface area (Å²) in [6.45, 7) is 4.02. The fourth-order valence-corrected chi connectivity index (χ4v) is 3.18. The van der Waals surface area contributed by atoms with E-state index in [2.05, 4.69) is 31.0 Å². The lowest BCUT2D eigenvalue weighted by Crippen LogP contribution is -2.25. The van der Waals surface area contributed by atoms with E-state index in [1.54, 1.807) is 30.5 Å². The van der Waals surface area contributed by atoms with Gasteiger partial charge in [-0.1, -0.05) is 46.3 Å². The first kappa shape index (κ1) is 19.1. The predicted molar refractivity (Wildman–Crippen MR) is 110 cm³/mol. The zero-order chi connectivity index (χ0) is 19.4. The summed E-state index contributed by atoms with van der Waals surface area (Å²) in [4.78, 5) is 12.1. The second-order valence-corrected chi connectivity index (χ2v) is 7.10. The summed E-state index contributed by atoms with van der Waals surface area (Å²) in [6, 6.07) is 18.8. The van der Waals surface area contributed by atoms with E-state index in [1.165, 1.54) is 0 Å². The Hall–Kier alpha value is -2.70. The molecular weight excluding hydrogens is 406 g/mol. The summed E-state index contributed by atoms with van der Waals surface area (Å²) < 4.78 is 3.14. The zero-order valence-electron chi connectivity index (χ0n) is 15.1. The first-order chi connectivity index (χ1) is 13.0. The lowest BCUT2D eigenvalue weighted by atomic mass is 10.1. The summed E-state index contributed by atoms with van der Waals surface area (Å²) >= 11 is 3.45. The Morgan fingerprint density at radius 1 is 1.15 bits per heavy atom. The highest BCUT2D eigenvalue weighted by molar-refractivity contribution is 9.10. The normalized spacial score (nSPS) is 12.3. The molecular formula is C21H20BrN3O2. The molecule has 0 unspecified atom stereocenters. The smallest absolute Gasteiger partial charge is 0.273 e. The van der Waals surface area contributed by atoms with Crippen LogP contribution in [0.5, 0.6) is 0 Å². The van der Waals surface area contributed by atoms with Crippen molar-refractivity contribution in [1.29, 1.82) is 0 Å². The number of hydrogen-bond acceptors (Lipinski definition) is 3. The highest BCUT2D eigenvalue weighted by Crippen LogP contribution is 2.21. The van der Waals surface area contributed by atoms with E-state index < -0.39 is 12.0 Å². The van der Waals surface area contributed by atoms with Crippen LogP contribution in [-0.2, 0) is 4.79 Å². The minimum Gasteiger partial charge on any atom is -0.378 e. The van der Waals surface area contributed by atoms with Gasteiger partial charge in [-0.15, -0.1) is 0 Å². The van der Waals surface area contributed by atoms with Crippen molar-refractivity contribution in [3.05, 3.63) is 87.7 Å². The number of carbonyl (C=O) groups excluding carboxylic acids is 1. The number of nitrogens with one attached hydrogen (secondary N) is 1. The fraction of sp³-hybridized carbons (Fsp3) is 0.143. The van der Waals surface area contributed by atoms with Gasteiger partial charge in [0, 0.05) is 27.1 Å². The molecule has 138 valence electrons. The van der Waals surface area contributed by atoms with E-state index in [-0.39, 0.29) is 0 Å². The molecule has 1 aromatic heterocycles. The van der Waals surface area contributed by atoms with Gasteiger partial charge < -0.3 is 9.67 Å². The number of carbonyl (C=O) groups is 1. The summed E-state index contributed by atoms with van der Waals surface area (Å²) in [5.41, 5.74) is 6.94. The van der Waals surface area contributed by atoms with Gasteiger partial charge in [0.2, 0.25) is 0 Å². The molecule has 1 amide bonds. The largest absolute Gasteiger partial charge is 0.378 e. The maximum absolute atomic E-state index is 12.1. The SMILES string of the molecule is Cc1cc(/C=N\NC(=O)[C@@H](O)c2ccccc2)c(C)n1-c1ccc(Br)cc1. The third-order valence-corrected chi connectivity index (χ3v) is 4.83. The van der Waals surface area contributed by atoms with Crippen molar-refractivity contribution in [2.24, 2.45) is 5.10 Å². The number of amides is 1. The van der Waals surface area contributed by atoms with Gasteiger partial charge in [-0.2, -0.15) is 5.10 Å². The van der Waals surface area contributed by atoms with Crippen molar-refractivity contribution >= 4 is 28.1 Å². The molecule has 1 heterocycles. The number of aliphatic hydroxyl groups is 1. The Morgan fingerprint density at radius 3 is 2.48 bits per heavy atom. The van der Waals surface area contributed by atoms with Crippen LogP contribution in [0.25, 0.3) is 5.69 Å². The lowest BCUT2D eigenvalue weighted by molar-refractivity contribution is -0.129. The van der Waals surface area contributed by atoms with Crippen LogP contribution in [0.3, 0.4) is 0 Å². The molecule has 3 rings (SSSR count). The number of aliphatic hydroxyl groups excluding tert-OH is 1.